The van der Waals surface area contributed by atoms with E-state index in [1.165, 1.54) is 25.7 Å². The van der Waals surface area contributed by atoms with Crippen LogP contribution in [0.1, 0.15) is 59.3 Å². The van der Waals surface area contributed by atoms with Crippen molar-refractivity contribution in [1.29, 1.82) is 0 Å². The lowest BCUT2D eigenvalue weighted by atomic mass is 10.0. The molecule has 1 aliphatic rings. The van der Waals surface area contributed by atoms with Gasteiger partial charge in [-0.05, 0) is 33.1 Å². The van der Waals surface area contributed by atoms with Gasteiger partial charge in [-0.15, -0.1) is 0 Å². The summed E-state index contributed by atoms with van der Waals surface area (Å²) in [5, 5.41) is 0. The summed E-state index contributed by atoms with van der Waals surface area (Å²) in [7, 11) is 0. The lowest BCUT2D eigenvalue weighted by Gasteiger charge is -2.17. The summed E-state index contributed by atoms with van der Waals surface area (Å²) in [6.07, 6.45) is 9.65. The van der Waals surface area contributed by atoms with Crippen LogP contribution in [0.25, 0.3) is 0 Å². The first-order valence-corrected chi connectivity index (χ1v) is 6.29. The van der Waals surface area contributed by atoms with Crippen molar-refractivity contribution in [3.8, 4) is 0 Å². The van der Waals surface area contributed by atoms with E-state index >= 15 is 0 Å². The van der Waals surface area contributed by atoms with Crippen LogP contribution in [0.5, 0.6) is 0 Å². The van der Waals surface area contributed by atoms with E-state index < -0.39 is 0 Å². The third kappa shape index (κ3) is 5.31. The van der Waals surface area contributed by atoms with E-state index in [2.05, 4.69) is 32.0 Å². The standard InChI is InChI=1S/C13H25NO/c1-4-13(2,3)14-10-9-12-8-6-5-7-11-15-12/h10,12H,4-9,11H2,1-3H3/t12-/m0/s1. The molecule has 1 atom stereocenters. The second-order valence-electron chi connectivity index (χ2n) is 5.06. The van der Waals surface area contributed by atoms with Crippen LogP contribution in [0.2, 0.25) is 0 Å². The normalized spacial score (nSPS) is 24.3. The average molecular weight is 211 g/mol. The number of nitrogens with zero attached hydrogens (tertiary/aromatic N) is 1. The minimum atomic E-state index is 0.102. The highest BCUT2D eigenvalue weighted by Crippen LogP contribution is 2.16. The van der Waals surface area contributed by atoms with Crippen molar-refractivity contribution in [2.75, 3.05) is 6.61 Å². The molecule has 0 saturated carbocycles. The van der Waals surface area contributed by atoms with Crippen molar-refractivity contribution in [3.05, 3.63) is 0 Å². The molecular weight excluding hydrogens is 186 g/mol. The van der Waals surface area contributed by atoms with Gasteiger partial charge in [0.15, 0.2) is 0 Å². The zero-order valence-electron chi connectivity index (χ0n) is 10.5. The Morgan fingerprint density at radius 3 is 2.87 bits per heavy atom. The van der Waals surface area contributed by atoms with E-state index in [9.17, 15) is 0 Å². The Kier molecular flexibility index (Phi) is 5.30. The van der Waals surface area contributed by atoms with Gasteiger partial charge in [0.25, 0.3) is 0 Å². The van der Waals surface area contributed by atoms with Crippen molar-refractivity contribution < 1.29 is 4.74 Å². The average Bonchev–Trinajstić information content (AvgIpc) is 2.46. The van der Waals surface area contributed by atoms with Crippen molar-refractivity contribution in [2.45, 2.75) is 70.9 Å². The smallest absolute Gasteiger partial charge is 0.0624 e. The summed E-state index contributed by atoms with van der Waals surface area (Å²) in [4.78, 5) is 4.59. The summed E-state index contributed by atoms with van der Waals surface area (Å²) in [6, 6.07) is 0. The molecule has 1 rings (SSSR count). The highest BCUT2D eigenvalue weighted by atomic mass is 16.5. The Morgan fingerprint density at radius 1 is 1.33 bits per heavy atom. The predicted molar refractivity (Wildman–Crippen MR) is 65.7 cm³/mol. The van der Waals surface area contributed by atoms with Gasteiger partial charge in [-0.25, -0.2) is 0 Å². The lowest BCUT2D eigenvalue weighted by Crippen LogP contribution is -2.17. The molecule has 0 unspecified atom stereocenters. The Hall–Kier alpha value is -0.370. The van der Waals surface area contributed by atoms with E-state index in [1.54, 1.807) is 0 Å². The maximum atomic E-state index is 5.76. The van der Waals surface area contributed by atoms with E-state index in [4.69, 9.17) is 4.74 Å². The van der Waals surface area contributed by atoms with Gasteiger partial charge in [0.2, 0.25) is 0 Å². The molecule has 0 N–H and O–H groups in total. The molecule has 0 aromatic heterocycles. The van der Waals surface area contributed by atoms with E-state index in [0.29, 0.717) is 6.10 Å². The monoisotopic (exact) mass is 211 g/mol. The van der Waals surface area contributed by atoms with Gasteiger partial charge in [0, 0.05) is 19.2 Å². The highest BCUT2D eigenvalue weighted by molar-refractivity contribution is 5.58. The fraction of sp³-hybridized carbons (Fsp3) is 0.923. The molecule has 2 heteroatoms. The molecule has 0 spiro atoms. The van der Waals surface area contributed by atoms with Gasteiger partial charge >= 0.3 is 0 Å². The van der Waals surface area contributed by atoms with Gasteiger partial charge in [-0.3, -0.25) is 4.99 Å². The molecule has 2 nitrogen and oxygen atoms in total. The number of rotatable bonds is 4. The highest BCUT2D eigenvalue weighted by Gasteiger charge is 2.13. The minimum absolute atomic E-state index is 0.102. The van der Waals surface area contributed by atoms with Crippen molar-refractivity contribution >= 4 is 6.21 Å². The third-order valence-electron chi connectivity index (χ3n) is 3.20. The molecule has 88 valence electrons. The van der Waals surface area contributed by atoms with Crippen LogP contribution in [0.4, 0.5) is 0 Å². The van der Waals surface area contributed by atoms with Crippen LogP contribution in [-0.4, -0.2) is 24.5 Å². The predicted octanol–water partition coefficient (Wildman–Crippen LogP) is 3.60. The first-order chi connectivity index (χ1) is 7.14. The second-order valence-corrected chi connectivity index (χ2v) is 5.06. The largest absolute Gasteiger partial charge is 0.378 e. The molecule has 0 radical (unpaired) electrons. The Bertz CT molecular complexity index is 191. The zero-order chi connectivity index (χ0) is 11.1. The number of hydrogen-bond donors (Lipinski definition) is 0. The molecule has 1 saturated heterocycles. The zero-order valence-corrected chi connectivity index (χ0v) is 10.5. The van der Waals surface area contributed by atoms with Crippen LogP contribution >= 0.6 is 0 Å². The van der Waals surface area contributed by atoms with Crippen LogP contribution in [0.3, 0.4) is 0 Å². The Morgan fingerprint density at radius 2 is 2.13 bits per heavy atom. The number of aliphatic imine (C=N–C) groups is 1. The van der Waals surface area contributed by atoms with Crippen LogP contribution in [0, 0.1) is 0 Å². The van der Waals surface area contributed by atoms with E-state index in [-0.39, 0.29) is 5.54 Å². The van der Waals surface area contributed by atoms with E-state index in [0.717, 1.165) is 19.4 Å². The van der Waals surface area contributed by atoms with Crippen LogP contribution in [-0.2, 0) is 4.74 Å². The lowest BCUT2D eigenvalue weighted by molar-refractivity contribution is 0.0646. The fourth-order valence-corrected chi connectivity index (χ4v) is 1.68. The maximum Gasteiger partial charge on any atom is 0.0624 e. The van der Waals surface area contributed by atoms with Crippen molar-refractivity contribution in [1.82, 2.24) is 0 Å². The maximum absolute atomic E-state index is 5.76. The molecule has 0 aromatic carbocycles. The fourth-order valence-electron chi connectivity index (χ4n) is 1.68. The van der Waals surface area contributed by atoms with E-state index in [1.807, 2.05) is 0 Å². The Balaban J connectivity index is 2.28. The molecule has 0 amide bonds. The topological polar surface area (TPSA) is 21.6 Å². The SMILES string of the molecule is CCC(C)(C)N=CC[C@@H]1CCCCCO1. The molecule has 0 aliphatic carbocycles. The summed E-state index contributed by atoms with van der Waals surface area (Å²) in [6.45, 7) is 7.48. The summed E-state index contributed by atoms with van der Waals surface area (Å²) in [5.74, 6) is 0. The summed E-state index contributed by atoms with van der Waals surface area (Å²) >= 11 is 0. The van der Waals surface area contributed by atoms with Crippen LogP contribution < -0.4 is 0 Å². The van der Waals surface area contributed by atoms with Crippen LogP contribution in [0.15, 0.2) is 4.99 Å². The molecule has 0 bridgehead atoms. The molecule has 15 heavy (non-hydrogen) atoms. The molecule has 1 fully saturated rings. The van der Waals surface area contributed by atoms with Gasteiger partial charge in [-0.1, -0.05) is 19.8 Å². The third-order valence-corrected chi connectivity index (χ3v) is 3.20. The van der Waals surface area contributed by atoms with Crippen molar-refractivity contribution in [2.24, 2.45) is 4.99 Å². The Labute approximate surface area is 94.1 Å². The first kappa shape index (κ1) is 12.7. The molecule has 1 aliphatic heterocycles. The molecule has 1 heterocycles. The molecule has 0 aromatic rings. The first-order valence-electron chi connectivity index (χ1n) is 6.29. The van der Waals surface area contributed by atoms with Crippen molar-refractivity contribution in [3.63, 3.8) is 0 Å². The van der Waals surface area contributed by atoms with Gasteiger partial charge < -0.3 is 4.74 Å². The van der Waals surface area contributed by atoms with Gasteiger partial charge in [0.1, 0.15) is 0 Å². The van der Waals surface area contributed by atoms with Gasteiger partial charge in [-0.2, -0.15) is 0 Å². The number of ether oxygens (including phenoxy) is 1. The summed E-state index contributed by atoms with van der Waals surface area (Å²) in [5.41, 5.74) is 0.102. The van der Waals surface area contributed by atoms with Gasteiger partial charge in [0.05, 0.1) is 11.6 Å². The quantitative estimate of drug-likeness (QED) is 0.651. The number of hydrogen-bond acceptors (Lipinski definition) is 2. The summed E-state index contributed by atoms with van der Waals surface area (Å²) < 4.78 is 5.76. The second kappa shape index (κ2) is 6.26. The molecular formula is C13H25NO. The minimum Gasteiger partial charge on any atom is -0.378 e.